The fourth-order valence-electron chi connectivity index (χ4n) is 1.74. The third-order valence-corrected chi connectivity index (χ3v) is 2.88. The molecule has 2 nitrogen and oxygen atoms in total. The Hall–Kier alpha value is -0.860. The number of aryl methyl sites for hydroxylation is 1. The van der Waals surface area contributed by atoms with Crippen molar-refractivity contribution in [1.29, 1.82) is 0 Å². The lowest BCUT2D eigenvalue weighted by atomic mass is 10.0. The first kappa shape index (κ1) is 14.2. The van der Waals surface area contributed by atoms with Crippen molar-refractivity contribution < 1.29 is 4.74 Å². The Kier molecular flexibility index (Phi) is 5.66. The van der Waals surface area contributed by atoms with Crippen molar-refractivity contribution in [2.75, 3.05) is 6.61 Å². The number of nitrogens with two attached hydrogens (primary N) is 1. The van der Waals surface area contributed by atoms with Crippen LogP contribution in [0.5, 0.6) is 0 Å². The summed E-state index contributed by atoms with van der Waals surface area (Å²) in [6.07, 6.45) is 1.09. The lowest BCUT2D eigenvalue weighted by Gasteiger charge is -2.22. The summed E-state index contributed by atoms with van der Waals surface area (Å²) in [6.45, 7) is 9.27. The summed E-state index contributed by atoms with van der Waals surface area (Å²) >= 11 is 0. The summed E-state index contributed by atoms with van der Waals surface area (Å²) in [5.41, 5.74) is 8.44. The van der Waals surface area contributed by atoms with Gasteiger partial charge in [-0.3, -0.25) is 0 Å². The summed E-state index contributed by atoms with van der Waals surface area (Å²) in [5.74, 6) is 0.668. The van der Waals surface area contributed by atoms with Crippen LogP contribution in [0.3, 0.4) is 0 Å². The van der Waals surface area contributed by atoms with Crippen LogP contribution in [-0.2, 0) is 4.74 Å². The Morgan fingerprint density at radius 3 is 2.18 bits per heavy atom. The zero-order valence-corrected chi connectivity index (χ0v) is 11.4. The normalized spacial score (nSPS) is 14.9. The van der Waals surface area contributed by atoms with Gasteiger partial charge in [0.05, 0.1) is 6.10 Å². The molecule has 1 aromatic rings. The lowest BCUT2D eigenvalue weighted by Crippen LogP contribution is -2.27. The van der Waals surface area contributed by atoms with Crippen molar-refractivity contribution in [3.05, 3.63) is 35.4 Å². The third kappa shape index (κ3) is 4.88. The second kappa shape index (κ2) is 6.77. The predicted molar refractivity (Wildman–Crippen MR) is 73.0 cm³/mol. The van der Waals surface area contributed by atoms with E-state index in [-0.39, 0.29) is 12.1 Å². The summed E-state index contributed by atoms with van der Waals surface area (Å²) < 4.78 is 5.92. The molecule has 0 saturated heterocycles. The quantitative estimate of drug-likeness (QED) is 0.819. The van der Waals surface area contributed by atoms with Gasteiger partial charge in [0.1, 0.15) is 0 Å². The van der Waals surface area contributed by atoms with Crippen molar-refractivity contribution in [2.45, 2.75) is 46.3 Å². The van der Waals surface area contributed by atoms with Crippen molar-refractivity contribution in [2.24, 2.45) is 11.7 Å². The van der Waals surface area contributed by atoms with E-state index < -0.39 is 0 Å². The molecule has 0 amide bonds. The van der Waals surface area contributed by atoms with Gasteiger partial charge in [-0.1, -0.05) is 43.7 Å². The zero-order valence-electron chi connectivity index (χ0n) is 11.4. The Bertz CT molecular complexity index is 316. The van der Waals surface area contributed by atoms with Gasteiger partial charge in [-0.05, 0) is 31.7 Å². The number of benzene rings is 1. The van der Waals surface area contributed by atoms with Crippen LogP contribution in [0.2, 0.25) is 0 Å². The third-order valence-electron chi connectivity index (χ3n) is 2.88. The molecule has 0 fully saturated rings. The van der Waals surface area contributed by atoms with Crippen LogP contribution in [0.1, 0.15) is 44.4 Å². The Labute approximate surface area is 105 Å². The van der Waals surface area contributed by atoms with Crippen LogP contribution < -0.4 is 5.73 Å². The SMILES string of the molecule is Cc1ccc(C(OCCC(C)C)C(C)N)cc1. The number of rotatable bonds is 6. The first-order valence-electron chi connectivity index (χ1n) is 6.44. The maximum atomic E-state index is 6.00. The molecule has 2 unspecified atom stereocenters. The van der Waals surface area contributed by atoms with Gasteiger partial charge in [0.15, 0.2) is 0 Å². The second-order valence-corrected chi connectivity index (χ2v) is 5.24. The summed E-state index contributed by atoms with van der Waals surface area (Å²) in [7, 11) is 0. The largest absolute Gasteiger partial charge is 0.372 e. The van der Waals surface area contributed by atoms with E-state index in [0.29, 0.717) is 5.92 Å². The number of hydrogen-bond acceptors (Lipinski definition) is 2. The van der Waals surface area contributed by atoms with Crippen molar-refractivity contribution in [3.8, 4) is 0 Å². The molecular formula is C15H25NO. The Morgan fingerprint density at radius 1 is 1.12 bits per heavy atom. The molecule has 1 aromatic carbocycles. The van der Waals surface area contributed by atoms with Crippen LogP contribution in [0.25, 0.3) is 0 Å². The summed E-state index contributed by atoms with van der Waals surface area (Å²) in [6, 6.07) is 8.45. The molecule has 0 aliphatic rings. The topological polar surface area (TPSA) is 35.2 Å². The van der Waals surface area contributed by atoms with Crippen molar-refractivity contribution in [3.63, 3.8) is 0 Å². The smallest absolute Gasteiger partial charge is 0.0972 e. The van der Waals surface area contributed by atoms with Gasteiger partial charge in [0.2, 0.25) is 0 Å². The Balaban J connectivity index is 2.62. The maximum absolute atomic E-state index is 6.00. The van der Waals surface area contributed by atoms with E-state index in [1.807, 2.05) is 6.92 Å². The molecule has 1 rings (SSSR count). The van der Waals surface area contributed by atoms with Gasteiger partial charge in [0.25, 0.3) is 0 Å². The van der Waals surface area contributed by atoms with Gasteiger partial charge in [-0.25, -0.2) is 0 Å². The van der Waals surface area contributed by atoms with E-state index in [1.54, 1.807) is 0 Å². The highest BCUT2D eigenvalue weighted by Gasteiger charge is 2.16. The molecule has 2 heteroatoms. The van der Waals surface area contributed by atoms with Gasteiger partial charge < -0.3 is 10.5 Å². The van der Waals surface area contributed by atoms with E-state index in [2.05, 4.69) is 45.0 Å². The fourth-order valence-corrected chi connectivity index (χ4v) is 1.74. The molecule has 0 aliphatic heterocycles. The molecule has 0 radical (unpaired) electrons. The zero-order chi connectivity index (χ0) is 12.8. The van der Waals surface area contributed by atoms with Gasteiger partial charge in [-0.15, -0.1) is 0 Å². The molecule has 2 atom stereocenters. The molecule has 2 N–H and O–H groups in total. The summed E-state index contributed by atoms with van der Waals surface area (Å²) in [4.78, 5) is 0. The average molecular weight is 235 g/mol. The molecule has 0 bridgehead atoms. The average Bonchev–Trinajstić information content (AvgIpc) is 2.25. The molecule has 0 spiro atoms. The first-order valence-corrected chi connectivity index (χ1v) is 6.44. The minimum Gasteiger partial charge on any atom is -0.372 e. The highest BCUT2D eigenvalue weighted by atomic mass is 16.5. The van der Waals surface area contributed by atoms with Crippen LogP contribution >= 0.6 is 0 Å². The number of ether oxygens (including phenoxy) is 1. The van der Waals surface area contributed by atoms with Crippen LogP contribution in [0.4, 0.5) is 0 Å². The predicted octanol–water partition coefficient (Wildman–Crippen LogP) is 3.45. The fraction of sp³-hybridized carbons (Fsp3) is 0.600. The van der Waals surface area contributed by atoms with Gasteiger partial charge >= 0.3 is 0 Å². The van der Waals surface area contributed by atoms with Gasteiger partial charge in [-0.2, -0.15) is 0 Å². The van der Waals surface area contributed by atoms with Crippen LogP contribution in [0.15, 0.2) is 24.3 Å². The summed E-state index contributed by atoms with van der Waals surface area (Å²) in [5, 5.41) is 0. The van der Waals surface area contributed by atoms with E-state index in [0.717, 1.165) is 13.0 Å². The van der Waals surface area contributed by atoms with Crippen LogP contribution in [0, 0.1) is 12.8 Å². The monoisotopic (exact) mass is 235 g/mol. The molecule has 0 saturated carbocycles. The van der Waals surface area contributed by atoms with Crippen molar-refractivity contribution in [1.82, 2.24) is 0 Å². The lowest BCUT2D eigenvalue weighted by molar-refractivity contribution is 0.0321. The maximum Gasteiger partial charge on any atom is 0.0972 e. The van der Waals surface area contributed by atoms with E-state index in [9.17, 15) is 0 Å². The minimum absolute atomic E-state index is 0.00866. The molecule has 0 heterocycles. The first-order chi connectivity index (χ1) is 8.00. The molecule has 96 valence electrons. The molecule has 0 aromatic heterocycles. The van der Waals surface area contributed by atoms with E-state index >= 15 is 0 Å². The molecule has 17 heavy (non-hydrogen) atoms. The van der Waals surface area contributed by atoms with E-state index in [1.165, 1.54) is 11.1 Å². The van der Waals surface area contributed by atoms with Gasteiger partial charge in [0, 0.05) is 12.6 Å². The standard InChI is InChI=1S/C15H25NO/c1-11(2)9-10-17-15(13(4)16)14-7-5-12(3)6-8-14/h5-8,11,13,15H,9-10,16H2,1-4H3. The minimum atomic E-state index is 0.00866. The highest BCUT2D eigenvalue weighted by Crippen LogP contribution is 2.21. The second-order valence-electron chi connectivity index (χ2n) is 5.24. The number of hydrogen-bond donors (Lipinski definition) is 1. The molecular weight excluding hydrogens is 210 g/mol. The van der Waals surface area contributed by atoms with Crippen LogP contribution in [-0.4, -0.2) is 12.6 Å². The highest BCUT2D eigenvalue weighted by molar-refractivity contribution is 5.24. The Morgan fingerprint density at radius 2 is 1.71 bits per heavy atom. The molecule has 0 aliphatic carbocycles. The van der Waals surface area contributed by atoms with Crippen molar-refractivity contribution >= 4 is 0 Å². The van der Waals surface area contributed by atoms with E-state index in [4.69, 9.17) is 10.5 Å².